The van der Waals surface area contributed by atoms with Crippen LogP contribution in [-0.4, -0.2) is 35.9 Å². The van der Waals surface area contributed by atoms with Crippen LogP contribution in [0.5, 0.6) is 5.75 Å². The zero-order chi connectivity index (χ0) is 24.2. The molecular formula is C26H24ClN3O4. The molecule has 0 saturated carbocycles. The van der Waals surface area contributed by atoms with Crippen LogP contribution >= 0.6 is 11.6 Å². The number of benzene rings is 3. The zero-order valence-electron chi connectivity index (χ0n) is 18.8. The third-order valence-corrected chi connectivity index (χ3v) is 5.86. The fraction of sp³-hybridized carbons (Fsp3) is 0.192. The van der Waals surface area contributed by atoms with E-state index in [0.717, 1.165) is 16.0 Å². The lowest BCUT2D eigenvalue weighted by Crippen LogP contribution is -2.37. The van der Waals surface area contributed by atoms with Gasteiger partial charge in [0.2, 0.25) is 5.91 Å². The smallest absolute Gasteiger partial charge is 0.332 e. The molecule has 4 amide bonds. The summed E-state index contributed by atoms with van der Waals surface area (Å²) in [5, 5.41) is 3.32. The topological polar surface area (TPSA) is 79.0 Å². The van der Waals surface area contributed by atoms with Gasteiger partial charge < -0.3 is 15.0 Å². The van der Waals surface area contributed by atoms with Crippen molar-refractivity contribution in [1.82, 2.24) is 4.90 Å². The predicted molar refractivity (Wildman–Crippen MR) is 131 cm³/mol. The van der Waals surface area contributed by atoms with E-state index < -0.39 is 18.0 Å². The molecule has 1 unspecified atom stereocenters. The number of amides is 4. The number of hydrogen-bond donors (Lipinski definition) is 1. The number of ether oxygens (including phenoxy) is 1. The Hall–Kier alpha value is -3.84. The van der Waals surface area contributed by atoms with E-state index in [2.05, 4.69) is 5.32 Å². The SMILES string of the molecule is COc1cccc(CN2C(=O)N(c3ccc(C)cc3)C(=O)C2CC(=O)Nc2ccc(Cl)cc2)c1. The Labute approximate surface area is 202 Å². The summed E-state index contributed by atoms with van der Waals surface area (Å²) in [5.41, 5.74) is 2.82. The molecule has 174 valence electrons. The van der Waals surface area contributed by atoms with Gasteiger partial charge in [0.25, 0.3) is 5.91 Å². The number of methoxy groups -OCH3 is 1. The lowest BCUT2D eigenvalue weighted by molar-refractivity contribution is -0.124. The standard InChI is InChI=1S/C26H24ClN3O4/c1-17-6-12-21(13-7-17)30-25(32)23(15-24(31)28-20-10-8-19(27)9-11-20)29(26(30)33)16-18-4-3-5-22(14-18)34-2/h3-14,23H,15-16H2,1-2H3,(H,28,31). The lowest BCUT2D eigenvalue weighted by atomic mass is 10.1. The van der Waals surface area contributed by atoms with E-state index >= 15 is 0 Å². The largest absolute Gasteiger partial charge is 0.497 e. The van der Waals surface area contributed by atoms with E-state index in [9.17, 15) is 14.4 Å². The minimum absolute atomic E-state index is 0.156. The Morgan fingerprint density at radius 1 is 1.03 bits per heavy atom. The van der Waals surface area contributed by atoms with Crippen molar-refractivity contribution in [2.45, 2.75) is 25.9 Å². The van der Waals surface area contributed by atoms with Crippen molar-refractivity contribution >= 4 is 40.8 Å². The lowest BCUT2D eigenvalue weighted by Gasteiger charge is -2.22. The molecule has 1 heterocycles. The quantitative estimate of drug-likeness (QED) is 0.484. The van der Waals surface area contributed by atoms with E-state index in [1.165, 1.54) is 4.90 Å². The number of aryl methyl sites for hydroxylation is 1. The fourth-order valence-electron chi connectivity index (χ4n) is 3.83. The molecule has 0 aromatic heterocycles. The summed E-state index contributed by atoms with van der Waals surface area (Å²) in [7, 11) is 1.56. The summed E-state index contributed by atoms with van der Waals surface area (Å²) in [4.78, 5) is 42.2. The number of nitrogens with one attached hydrogen (secondary N) is 1. The molecule has 1 atom stereocenters. The first-order chi connectivity index (χ1) is 16.4. The molecule has 0 radical (unpaired) electrons. The Balaban J connectivity index is 1.61. The molecule has 1 aliphatic rings. The fourth-order valence-corrected chi connectivity index (χ4v) is 3.96. The number of carbonyl (C=O) groups excluding carboxylic acids is 3. The summed E-state index contributed by atoms with van der Waals surface area (Å²) >= 11 is 5.91. The van der Waals surface area contributed by atoms with Crippen molar-refractivity contribution in [3.8, 4) is 5.75 Å². The van der Waals surface area contributed by atoms with Crippen LogP contribution in [0.15, 0.2) is 72.8 Å². The molecule has 0 spiro atoms. The molecule has 3 aromatic rings. The van der Waals surface area contributed by atoms with Crippen LogP contribution in [-0.2, 0) is 16.1 Å². The van der Waals surface area contributed by atoms with Gasteiger partial charge in [-0.1, -0.05) is 41.4 Å². The number of halogens is 1. The number of carbonyl (C=O) groups is 3. The number of anilines is 2. The van der Waals surface area contributed by atoms with E-state index in [1.807, 2.05) is 31.2 Å². The van der Waals surface area contributed by atoms with E-state index in [1.54, 1.807) is 55.6 Å². The Morgan fingerprint density at radius 3 is 2.41 bits per heavy atom. The Morgan fingerprint density at radius 2 is 1.74 bits per heavy atom. The van der Waals surface area contributed by atoms with Crippen LogP contribution in [0.3, 0.4) is 0 Å². The van der Waals surface area contributed by atoms with Gasteiger partial charge in [-0.15, -0.1) is 0 Å². The van der Waals surface area contributed by atoms with Crippen molar-refractivity contribution < 1.29 is 19.1 Å². The first-order valence-corrected chi connectivity index (χ1v) is 11.1. The number of urea groups is 1. The van der Waals surface area contributed by atoms with Crippen molar-refractivity contribution in [3.05, 3.63) is 88.9 Å². The highest BCUT2D eigenvalue weighted by molar-refractivity contribution is 6.30. The van der Waals surface area contributed by atoms with Crippen LogP contribution < -0.4 is 15.0 Å². The normalized spacial score (nSPS) is 15.6. The van der Waals surface area contributed by atoms with Gasteiger partial charge in [-0.05, 0) is 61.0 Å². The predicted octanol–water partition coefficient (Wildman–Crippen LogP) is 5.02. The monoisotopic (exact) mass is 477 g/mol. The zero-order valence-corrected chi connectivity index (χ0v) is 19.6. The Kier molecular flexibility index (Phi) is 6.84. The average molecular weight is 478 g/mol. The van der Waals surface area contributed by atoms with Gasteiger partial charge in [0.05, 0.1) is 19.2 Å². The molecule has 7 nitrogen and oxygen atoms in total. The van der Waals surface area contributed by atoms with Gasteiger partial charge >= 0.3 is 6.03 Å². The highest BCUT2D eigenvalue weighted by Gasteiger charge is 2.46. The first kappa shape index (κ1) is 23.3. The molecule has 1 saturated heterocycles. The number of rotatable bonds is 7. The molecule has 3 aromatic carbocycles. The summed E-state index contributed by atoms with van der Waals surface area (Å²) in [6.45, 7) is 2.08. The average Bonchev–Trinajstić information content (AvgIpc) is 3.05. The second-order valence-electron chi connectivity index (χ2n) is 8.05. The number of imide groups is 1. The van der Waals surface area contributed by atoms with Crippen LogP contribution in [0, 0.1) is 6.92 Å². The molecule has 4 rings (SSSR count). The minimum Gasteiger partial charge on any atom is -0.497 e. The molecule has 0 aliphatic carbocycles. The van der Waals surface area contributed by atoms with Gasteiger partial charge in [0.15, 0.2) is 0 Å². The van der Waals surface area contributed by atoms with E-state index in [-0.39, 0.29) is 18.9 Å². The van der Waals surface area contributed by atoms with Crippen LogP contribution in [0.1, 0.15) is 17.5 Å². The van der Waals surface area contributed by atoms with Gasteiger partial charge in [-0.25, -0.2) is 9.69 Å². The molecule has 1 N–H and O–H groups in total. The van der Waals surface area contributed by atoms with Crippen molar-refractivity contribution in [2.24, 2.45) is 0 Å². The maximum absolute atomic E-state index is 13.4. The van der Waals surface area contributed by atoms with Crippen LogP contribution in [0.4, 0.5) is 16.2 Å². The van der Waals surface area contributed by atoms with E-state index in [0.29, 0.717) is 22.1 Å². The summed E-state index contributed by atoms with van der Waals surface area (Å²) in [6.07, 6.45) is -0.181. The summed E-state index contributed by atoms with van der Waals surface area (Å²) < 4.78 is 5.28. The molecule has 1 aliphatic heterocycles. The minimum atomic E-state index is -0.952. The number of hydrogen-bond acceptors (Lipinski definition) is 4. The maximum Gasteiger partial charge on any atom is 0.332 e. The third kappa shape index (κ3) is 5.05. The Bertz CT molecular complexity index is 1210. The van der Waals surface area contributed by atoms with Gasteiger partial charge in [0.1, 0.15) is 11.8 Å². The van der Waals surface area contributed by atoms with E-state index in [4.69, 9.17) is 16.3 Å². The molecular weight excluding hydrogens is 454 g/mol. The maximum atomic E-state index is 13.4. The molecule has 0 bridgehead atoms. The summed E-state index contributed by atoms with van der Waals surface area (Å²) in [6, 6.07) is 19.6. The second-order valence-corrected chi connectivity index (χ2v) is 8.48. The second kappa shape index (κ2) is 9.97. The highest BCUT2D eigenvalue weighted by Crippen LogP contribution is 2.29. The third-order valence-electron chi connectivity index (χ3n) is 5.60. The van der Waals surface area contributed by atoms with Crippen molar-refractivity contribution in [2.75, 3.05) is 17.3 Å². The molecule has 1 fully saturated rings. The highest BCUT2D eigenvalue weighted by atomic mass is 35.5. The van der Waals surface area contributed by atoms with Crippen LogP contribution in [0.2, 0.25) is 5.02 Å². The first-order valence-electron chi connectivity index (χ1n) is 10.8. The van der Waals surface area contributed by atoms with Gasteiger partial charge in [-0.3, -0.25) is 9.59 Å². The van der Waals surface area contributed by atoms with Crippen molar-refractivity contribution in [3.63, 3.8) is 0 Å². The molecule has 8 heteroatoms. The number of nitrogens with zero attached hydrogens (tertiary/aromatic N) is 2. The van der Waals surface area contributed by atoms with Crippen LogP contribution in [0.25, 0.3) is 0 Å². The molecule has 34 heavy (non-hydrogen) atoms. The van der Waals surface area contributed by atoms with Gasteiger partial charge in [0, 0.05) is 17.3 Å². The van der Waals surface area contributed by atoms with Gasteiger partial charge in [-0.2, -0.15) is 0 Å². The van der Waals surface area contributed by atoms with Crippen molar-refractivity contribution in [1.29, 1.82) is 0 Å². The summed E-state index contributed by atoms with van der Waals surface area (Å²) in [5.74, 6) is -0.180.